The third kappa shape index (κ3) is 3.87. The summed E-state index contributed by atoms with van der Waals surface area (Å²) in [6.07, 6.45) is 2.58. The monoisotopic (exact) mass is 307 g/mol. The number of rotatable bonds is 3. The summed E-state index contributed by atoms with van der Waals surface area (Å²) in [5.41, 5.74) is 4.73. The number of piperidine rings is 1. The number of hydrogen-bond acceptors (Lipinski definition) is 4. The van der Waals surface area contributed by atoms with Crippen LogP contribution in [0.3, 0.4) is 0 Å². The van der Waals surface area contributed by atoms with Crippen molar-refractivity contribution in [1.29, 1.82) is 0 Å². The lowest BCUT2D eigenvalue weighted by Gasteiger charge is -2.32. The van der Waals surface area contributed by atoms with E-state index in [9.17, 15) is 14.4 Å². The van der Waals surface area contributed by atoms with E-state index in [4.69, 9.17) is 4.42 Å². The number of carbonyl (C=O) groups excluding carboxylic acids is 3. The SMILES string of the molecule is CC(C)C(=O)N1CCC(C(=O)NNC(=O)c2ccco2)CC1. The Morgan fingerprint density at radius 3 is 2.45 bits per heavy atom. The summed E-state index contributed by atoms with van der Waals surface area (Å²) in [5.74, 6) is -0.712. The van der Waals surface area contributed by atoms with Crippen molar-refractivity contribution < 1.29 is 18.8 Å². The van der Waals surface area contributed by atoms with Crippen LogP contribution < -0.4 is 10.9 Å². The molecule has 1 fully saturated rings. The second-order valence-electron chi connectivity index (χ2n) is 5.67. The minimum absolute atomic E-state index is 0.0297. The fourth-order valence-electron chi connectivity index (χ4n) is 2.42. The van der Waals surface area contributed by atoms with Crippen molar-refractivity contribution in [2.45, 2.75) is 26.7 Å². The summed E-state index contributed by atoms with van der Waals surface area (Å²) in [5, 5.41) is 0. The number of hydrogen-bond donors (Lipinski definition) is 2. The molecule has 1 aliphatic rings. The Morgan fingerprint density at radius 2 is 1.91 bits per heavy atom. The molecule has 7 nitrogen and oxygen atoms in total. The highest BCUT2D eigenvalue weighted by Gasteiger charge is 2.28. The molecular weight excluding hydrogens is 286 g/mol. The van der Waals surface area contributed by atoms with E-state index in [-0.39, 0.29) is 29.4 Å². The molecule has 1 aromatic heterocycles. The standard InChI is InChI=1S/C15H21N3O4/c1-10(2)15(21)18-7-5-11(6-8-18)13(19)16-17-14(20)12-4-3-9-22-12/h3-4,9-11H,5-8H2,1-2H3,(H,16,19)(H,17,20). The van der Waals surface area contributed by atoms with Gasteiger partial charge in [-0.25, -0.2) is 0 Å². The third-order valence-electron chi connectivity index (χ3n) is 3.72. The van der Waals surface area contributed by atoms with Gasteiger partial charge in [-0.05, 0) is 25.0 Å². The highest BCUT2D eigenvalue weighted by molar-refractivity contribution is 5.93. The predicted octanol–water partition coefficient (Wildman–Crippen LogP) is 0.935. The normalized spacial score (nSPS) is 15.7. The van der Waals surface area contributed by atoms with Gasteiger partial charge in [-0.3, -0.25) is 25.2 Å². The summed E-state index contributed by atoms with van der Waals surface area (Å²) >= 11 is 0. The molecule has 0 atom stereocenters. The molecule has 1 aliphatic heterocycles. The van der Waals surface area contributed by atoms with Gasteiger partial charge in [0.15, 0.2) is 5.76 Å². The van der Waals surface area contributed by atoms with Gasteiger partial charge in [0, 0.05) is 24.9 Å². The predicted molar refractivity (Wildman–Crippen MR) is 78.5 cm³/mol. The van der Waals surface area contributed by atoms with Gasteiger partial charge in [0.05, 0.1) is 6.26 Å². The van der Waals surface area contributed by atoms with E-state index in [1.165, 1.54) is 12.3 Å². The molecule has 0 aliphatic carbocycles. The Bertz CT molecular complexity index is 531. The van der Waals surface area contributed by atoms with E-state index in [0.29, 0.717) is 25.9 Å². The van der Waals surface area contributed by atoms with Crippen LogP contribution in [0.1, 0.15) is 37.2 Å². The van der Waals surface area contributed by atoms with Crippen molar-refractivity contribution in [3.8, 4) is 0 Å². The molecule has 1 aromatic rings. The molecule has 7 heteroatoms. The maximum atomic E-state index is 12.0. The number of amides is 3. The van der Waals surface area contributed by atoms with Gasteiger partial charge in [0.1, 0.15) is 0 Å². The first-order chi connectivity index (χ1) is 10.5. The van der Waals surface area contributed by atoms with Crippen molar-refractivity contribution in [3.05, 3.63) is 24.2 Å². The van der Waals surface area contributed by atoms with Gasteiger partial charge in [0.2, 0.25) is 11.8 Å². The van der Waals surface area contributed by atoms with E-state index >= 15 is 0 Å². The highest BCUT2D eigenvalue weighted by atomic mass is 16.3. The maximum Gasteiger partial charge on any atom is 0.305 e. The van der Waals surface area contributed by atoms with Gasteiger partial charge in [-0.2, -0.15) is 0 Å². The molecule has 2 N–H and O–H groups in total. The molecule has 3 amide bonds. The number of nitrogens with zero attached hydrogens (tertiary/aromatic N) is 1. The molecule has 0 radical (unpaired) electrons. The van der Waals surface area contributed by atoms with Gasteiger partial charge in [-0.15, -0.1) is 0 Å². The van der Waals surface area contributed by atoms with Crippen molar-refractivity contribution >= 4 is 17.7 Å². The molecule has 120 valence electrons. The van der Waals surface area contributed by atoms with E-state index in [0.717, 1.165) is 0 Å². The molecule has 1 saturated heterocycles. The van der Waals surface area contributed by atoms with Crippen LogP contribution in [0.5, 0.6) is 0 Å². The van der Waals surface area contributed by atoms with E-state index in [2.05, 4.69) is 10.9 Å². The number of carbonyl (C=O) groups is 3. The molecule has 0 bridgehead atoms. The van der Waals surface area contributed by atoms with Gasteiger partial charge in [0.25, 0.3) is 0 Å². The minimum atomic E-state index is -0.495. The number of hydrazine groups is 1. The zero-order chi connectivity index (χ0) is 16.1. The Kier molecular flexibility index (Phi) is 5.19. The summed E-state index contributed by atoms with van der Waals surface area (Å²) in [6, 6.07) is 3.11. The summed E-state index contributed by atoms with van der Waals surface area (Å²) in [7, 11) is 0. The molecule has 0 aromatic carbocycles. The summed E-state index contributed by atoms with van der Waals surface area (Å²) in [4.78, 5) is 37.3. The van der Waals surface area contributed by atoms with Crippen LogP contribution in [0.2, 0.25) is 0 Å². The smallest absolute Gasteiger partial charge is 0.305 e. The molecule has 0 unspecified atom stereocenters. The number of likely N-dealkylation sites (tertiary alicyclic amines) is 1. The van der Waals surface area contributed by atoms with Crippen molar-refractivity contribution in [2.75, 3.05) is 13.1 Å². The van der Waals surface area contributed by atoms with Crippen LogP contribution in [0.4, 0.5) is 0 Å². The highest BCUT2D eigenvalue weighted by Crippen LogP contribution is 2.18. The Labute approximate surface area is 129 Å². The lowest BCUT2D eigenvalue weighted by molar-refractivity contribution is -0.138. The van der Waals surface area contributed by atoms with E-state index in [1.54, 1.807) is 11.0 Å². The lowest BCUT2D eigenvalue weighted by Crippen LogP contribution is -2.48. The fourth-order valence-corrected chi connectivity index (χ4v) is 2.42. The topological polar surface area (TPSA) is 91.7 Å². The Morgan fingerprint density at radius 1 is 1.23 bits per heavy atom. The van der Waals surface area contributed by atoms with Crippen molar-refractivity contribution in [1.82, 2.24) is 15.8 Å². The second-order valence-corrected chi connectivity index (χ2v) is 5.67. The molecule has 2 rings (SSSR count). The van der Waals surface area contributed by atoms with E-state index < -0.39 is 5.91 Å². The van der Waals surface area contributed by atoms with Gasteiger partial charge in [-0.1, -0.05) is 13.8 Å². The van der Waals surface area contributed by atoms with Crippen LogP contribution in [0, 0.1) is 11.8 Å². The largest absolute Gasteiger partial charge is 0.459 e. The fraction of sp³-hybridized carbons (Fsp3) is 0.533. The Hall–Kier alpha value is -2.31. The van der Waals surface area contributed by atoms with Gasteiger partial charge >= 0.3 is 5.91 Å². The van der Waals surface area contributed by atoms with Gasteiger partial charge < -0.3 is 9.32 Å². The van der Waals surface area contributed by atoms with Crippen LogP contribution in [-0.2, 0) is 9.59 Å². The first kappa shape index (κ1) is 16.1. The van der Waals surface area contributed by atoms with Crippen LogP contribution in [-0.4, -0.2) is 35.7 Å². The van der Waals surface area contributed by atoms with Crippen molar-refractivity contribution in [2.24, 2.45) is 11.8 Å². The summed E-state index contributed by atoms with van der Waals surface area (Å²) in [6.45, 7) is 4.87. The number of nitrogens with one attached hydrogen (secondary N) is 2. The zero-order valence-corrected chi connectivity index (χ0v) is 12.8. The maximum absolute atomic E-state index is 12.0. The second kappa shape index (κ2) is 7.11. The quantitative estimate of drug-likeness (QED) is 0.813. The number of furan rings is 1. The molecular formula is C15H21N3O4. The molecule has 0 saturated carbocycles. The minimum Gasteiger partial charge on any atom is -0.459 e. The van der Waals surface area contributed by atoms with E-state index in [1.807, 2.05) is 13.8 Å². The average Bonchev–Trinajstić information content (AvgIpc) is 3.06. The first-order valence-corrected chi connectivity index (χ1v) is 7.41. The first-order valence-electron chi connectivity index (χ1n) is 7.41. The van der Waals surface area contributed by atoms with Crippen LogP contribution >= 0.6 is 0 Å². The zero-order valence-electron chi connectivity index (χ0n) is 12.8. The van der Waals surface area contributed by atoms with Crippen LogP contribution in [0.15, 0.2) is 22.8 Å². The average molecular weight is 307 g/mol. The summed E-state index contributed by atoms with van der Waals surface area (Å²) < 4.78 is 4.93. The molecule has 2 heterocycles. The molecule has 22 heavy (non-hydrogen) atoms. The Balaban J connectivity index is 1.76. The third-order valence-corrected chi connectivity index (χ3v) is 3.72. The lowest BCUT2D eigenvalue weighted by atomic mass is 9.95. The van der Waals surface area contributed by atoms with Crippen LogP contribution in [0.25, 0.3) is 0 Å². The van der Waals surface area contributed by atoms with Crippen molar-refractivity contribution in [3.63, 3.8) is 0 Å². The molecule has 0 spiro atoms.